The molecule has 1 aliphatic rings. The van der Waals surface area contributed by atoms with E-state index in [9.17, 15) is 0 Å². The summed E-state index contributed by atoms with van der Waals surface area (Å²) in [7, 11) is 0. The predicted molar refractivity (Wildman–Crippen MR) is 147 cm³/mol. The van der Waals surface area contributed by atoms with Crippen molar-refractivity contribution in [2.45, 2.75) is 38.6 Å². The molecular formula is C33H30N2. The van der Waals surface area contributed by atoms with E-state index in [0.717, 1.165) is 34.5 Å². The van der Waals surface area contributed by atoms with Crippen LogP contribution in [0.4, 0.5) is 5.69 Å². The first-order valence-electron chi connectivity index (χ1n) is 12.2. The molecule has 4 aromatic rings. The van der Waals surface area contributed by atoms with E-state index in [2.05, 4.69) is 110 Å². The number of para-hydroxylation sites is 1. The number of nitrogens with zero attached hydrogens (tertiary/aromatic N) is 2. The molecule has 0 radical (unpaired) electrons. The summed E-state index contributed by atoms with van der Waals surface area (Å²) in [6, 6.07) is 38.2. The Balaban J connectivity index is 1.42. The van der Waals surface area contributed by atoms with Crippen LogP contribution < -0.4 is 5.01 Å². The molecule has 0 amide bonds. The summed E-state index contributed by atoms with van der Waals surface area (Å²) in [4.78, 5) is 0. The highest BCUT2D eigenvalue weighted by molar-refractivity contribution is 6.03. The zero-order chi connectivity index (χ0) is 24.3. The molecule has 2 nitrogen and oxygen atoms in total. The average molecular weight is 455 g/mol. The lowest BCUT2D eigenvalue weighted by Crippen LogP contribution is -2.19. The van der Waals surface area contributed by atoms with Gasteiger partial charge in [0.25, 0.3) is 0 Å². The highest BCUT2D eigenvalue weighted by atomic mass is 15.5. The molecule has 0 saturated carbocycles. The lowest BCUT2D eigenvalue weighted by Gasteiger charge is -2.25. The van der Waals surface area contributed by atoms with Crippen LogP contribution in [0.3, 0.4) is 0 Å². The second-order valence-corrected chi connectivity index (χ2v) is 10.0. The molecule has 5 rings (SSSR count). The predicted octanol–water partition coefficient (Wildman–Crippen LogP) is 7.74. The quantitative estimate of drug-likeness (QED) is 0.289. The zero-order valence-corrected chi connectivity index (χ0v) is 20.6. The van der Waals surface area contributed by atoms with E-state index in [1.165, 1.54) is 11.1 Å². The number of benzene rings is 4. The van der Waals surface area contributed by atoms with E-state index in [1.807, 2.05) is 36.4 Å². The summed E-state index contributed by atoms with van der Waals surface area (Å²) in [6.07, 6.45) is 0.860. The Bertz CT molecular complexity index is 1370. The summed E-state index contributed by atoms with van der Waals surface area (Å²) < 4.78 is 0. The Hall–Kier alpha value is -4.09. The molecule has 1 atom stereocenters. The molecule has 2 heteroatoms. The van der Waals surface area contributed by atoms with E-state index in [1.54, 1.807) is 0 Å². The Morgan fingerprint density at radius 1 is 0.686 bits per heavy atom. The standard InChI is InChI=1S/C33H30N2/c1-33(2,3)29-22-20-28(21-23-29)32-24-31(34-35(32)30-12-8-5-9-13-30)27-18-16-26(17-19-27)15-14-25-10-6-4-7-11-25/h4-13,16-23,32H,24H2,1-3H3. The van der Waals surface area contributed by atoms with Crippen LogP contribution >= 0.6 is 0 Å². The molecule has 0 saturated heterocycles. The summed E-state index contributed by atoms with van der Waals surface area (Å²) >= 11 is 0. The van der Waals surface area contributed by atoms with Crippen molar-refractivity contribution in [2.24, 2.45) is 5.10 Å². The van der Waals surface area contributed by atoms with Crippen molar-refractivity contribution in [3.8, 4) is 11.8 Å². The van der Waals surface area contributed by atoms with Crippen LogP contribution in [0.2, 0.25) is 0 Å². The number of rotatable bonds is 3. The maximum atomic E-state index is 5.09. The van der Waals surface area contributed by atoms with Gasteiger partial charge in [-0.15, -0.1) is 0 Å². The molecule has 0 bridgehead atoms. The Labute approximate surface area is 209 Å². The van der Waals surface area contributed by atoms with Gasteiger partial charge in [-0.3, -0.25) is 5.01 Å². The van der Waals surface area contributed by atoms with Gasteiger partial charge in [-0.1, -0.05) is 105 Å². The summed E-state index contributed by atoms with van der Waals surface area (Å²) in [6.45, 7) is 6.76. The van der Waals surface area contributed by atoms with Gasteiger partial charge in [0.1, 0.15) is 0 Å². The van der Waals surface area contributed by atoms with Crippen molar-refractivity contribution < 1.29 is 0 Å². The van der Waals surface area contributed by atoms with Gasteiger partial charge in [0.2, 0.25) is 0 Å². The number of hydrazone groups is 1. The molecule has 0 aliphatic carbocycles. The summed E-state index contributed by atoms with van der Waals surface area (Å²) in [5.41, 5.74) is 8.15. The minimum absolute atomic E-state index is 0.139. The van der Waals surface area contributed by atoms with Crippen LogP contribution in [0, 0.1) is 11.8 Å². The highest BCUT2D eigenvalue weighted by Crippen LogP contribution is 2.37. The van der Waals surface area contributed by atoms with E-state index in [-0.39, 0.29) is 11.5 Å². The van der Waals surface area contributed by atoms with Crippen molar-refractivity contribution in [1.82, 2.24) is 0 Å². The Morgan fingerprint density at radius 3 is 1.86 bits per heavy atom. The molecule has 1 heterocycles. The first-order chi connectivity index (χ1) is 17.0. The van der Waals surface area contributed by atoms with Crippen LogP contribution in [-0.2, 0) is 5.41 Å². The van der Waals surface area contributed by atoms with Gasteiger partial charge in [-0.05, 0) is 58.5 Å². The fourth-order valence-corrected chi connectivity index (χ4v) is 4.38. The van der Waals surface area contributed by atoms with Gasteiger partial charge in [0, 0.05) is 17.5 Å². The molecular weight excluding hydrogens is 424 g/mol. The molecule has 35 heavy (non-hydrogen) atoms. The first-order valence-corrected chi connectivity index (χ1v) is 12.2. The lowest BCUT2D eigenvalue weighted by atomic mass is 9.86. The third-order valence-electron chi connectivity index (χ3n) is 6.44. The maximum absolute atomic E-state index is 5.09. The van der Waals surface area contributed by atoms with Gasteiger partial charge in [0.15, 0.2) is 0 Å². The minimum atomic E-state index is 0.139. The van der Waals surface area contributed by atoms with Gasteiger partial charge in [-0.2, -0.15) is 5.10 Å². The molecule has 1 aliphatic heterocycles. The van der Waals surface area contributed by atoms with Crippen LogP contribution in [0.25, 0.3) is 0 Å². The first kappa shape index (κ1) is 22.7. The second-order valence-electron chi connectivity index (χ2n) is 10.0. The van der Waals surface area contributed by atoms with Gasteiger partial charge < -0.3 is 0 Å². The fourth-order valence-electron chi connectivity index (χ4n) is 4.38. The minimum Gasteiger partial charge on any atom is -0.257 e. The van der Waals surface area contributed by atoms with Crippen molar-refractivity contribution >= 4 is 11.4 Å². The molecule has 1 unspecified atom stereocenters. The van der Waals surface area contributed by atoms with Crippen molar-refractivity contribution in [3.63, 3.8) is 0 Å². The lowest BCUT2D eigenvalue weighted by molar-refractivity contribution is 0.589. The third kappa shape index (κ3) is 5.20. The Morgan fingerprint density at radius 2 is 1.26 bits per heavy atom. The van der Waals surface area contributed by atoms with E-state index < -0.39 is 0 Å². The maximum Gasteiger partial charge on any atom is 0.0831 e. The van der Waals surface area contributed by atoms with Crippen LogP contribution in [0.15, 0.2) is 114 Å². The third-order valence-corrected chi connectivity index (χ3v) is 6.44. The Kier molecular flexibility index (Phi) is 6.25. The molecule has 0 N–H and O–H groups in total. The smallest absolute Gasteiger partial charge is 0.0831 e. The molecule has 0 aromatic heterocycles. The fraction of sp³-hybridized carbons (Fsp3) is 0.182. The number of hydrogen-bond donors (Lipinski definition) is 0. The SMILES string of the molecule is CC(C)(C)c1ccc(C2CC(c3ccc(C#Cc4ccccc4)cc3)=NN2c2ccccc2)cc1. The second kappa shape index (κ2) is 9.65. The van der Waals surface area contributed by atoms with Gasteiger partial charge in [-0.25, -0.2) is 0 Å². The van der Waals surface area contributed by atoms with Gasteiger partial charge in [0.05, 0.1) is 17.4 Å². The van der Waals surface area contributed by atoms with Crippen LogP contribution in [0.5, 0.6) is 0 Å². The normalized spacial score (nSPS) is 15.3. The summed E-state index contributed by atoms with van der Waals surface area (Å²) in [5.74, 6) is 6.50. The van der Waals surface area contributed by atoms with E-state index in [4.69, 9.17) is 5.10 Å². The monoisotopic (exact) mass is 454 g/mol. The number of anilines is 1. The van der Waals surface area contributed by atoms with Crippen molar-refractivity contribution in [1.29, 1.82) is 0 Å². The topological polar surface area (TPSA) is 15.6 Å². The van der Waals surface area contributed by atoms with Crippen LogP contribution in [0.1, 0.15) is 61.1 Å². The zero-order valence-electron chi connectivity index (χ0n) is 20.6. The molecule has 0 fully saturated rings. The molecule has 0 spiro atoms. The average Bonchev–Trinajstić information content (AvgIpc) is 3.34. The molecule has 4 aromatic carbocycles. The van der Waals surface area contributed by atoms with Gasteiger partial charge >= 0.3 is 0 Å². The molecule has 172 valence electrons. The number of hydrogen-bond acceptors (Lipinski definition) is 2. The van der Waals surface area contributed by atoms with Crippen molar-refractivity contribution in [2.75, 3.05) is 5.01 Å². The highest BCUT2D eigenvalue weighted by Gasteiger charge is 2.30. The van der Waals surface area contributed by atoms with E-state index >= 15 is 0 Å². The van der Waals surface area contributed by atoms with Crippen LogP contribution in [-0.4, -0.2) is 5.71 Å². The summed E-state index contributed by atoms with van der Waals surface area (Å²) in [5, 5.41) is 7.27. The van der Waals surface area contributed by atoms with Crippen molar-refractivity contribution in [3.05, 3.63) is 137 Å². The van der Waals surface area contributed by atoms with E-state index in [0.29, 0.717) is 0 Å². The largest absolute Gasteiger partial charge is 0.257 e.